The highest BCUT2D eigenvalue weighted by molar-refractivity contribution is 6.05. The molecule has 1 fully saturated rings. The molecule has 1 N–H and O–H groups in total. The van der Waals surface area contributed by atoms with Gasteiger partial charge in [0.1, 0.15) is 0 Å². The van der Waals surface area contributed by atoms with Crippen molar-refractivity contribution in [2.45, 2.75) is 45.3 Å². The lowest BCUT2D eigenvalue weighted by molar-refractivity contribution is -0.138. The molecule has 0 spiro atoms. The molecule has 1 rings (SSSR count). The zero-order valence-electron chi connectivity index (χ0n) is 11.1. The lowest BCUT2D eigenvalue weighted by atomic mass is 10.1. The van der Waals surface area contributed by atoms with Crippen molar-refractivity contribution in [1.82, 2.24) is 10.2 Å². The second-order valence-corrected chi connectivity index (χ2v) is 4.99. The van der Waals surface area contributed by atoms with Crippen molar-refractivity contribution in [3.8, 4) is 0 Å². The van der Waals surface area contributed by atoms with Gasteiger partial charge < -0.3 is 10.1 Å². The SMILES string of the molecule is CCCN1C(=O)CC(NCC(C)(C)OC)C1=O. The van der Waals surface area contributed by atoms with Crippen LogP contribution in [-0.4, -0.2) is 48.6 Å². The van der Waals surface area contributed by atoms with Gasteiger partial charge in [0.25, 0.3) is 0 Å². The Kier molecular flexibility index (Phi) is 4.65. The summed E-state index contributed by atoms with van der Waals surface area (Å²) in [5, 5.41) is 3.10. The Balaban J connectivity index is 2.52. The van der Waals surface area contributed by atoms with Crippen molar-refractivity contribution in [3.63, 3.8) is 0 Å². The van der Waals surface area contributed by atoms with Gasteiger partial charge in [-0.3, -0.25) is 14.5 Å². The van der Waals surface area contributed by atoms with Crippen molar-refractivity contribution in [2.75, 3.05) is 20.2 Å². The molecule has 0 aromatic heterocycles. The Labute approximate surface area is 102 Å². The highest BCUT2D eigenvalue weighted by Gasteiger charge is 2.38. The third-order valence-electron chi connectivity index (χ3n) is 3.02. The summed E-state index contributed by atoms with van der Waals surface area (Å²) in [6.07, 6.45) is 1.06. The molecule has 5 nitrogen and oxygen atoms in total. The van der Waals surface area contributed by atoms with Gasteiger partial charge in [0.05, 0.1) is 18.1 Å². The number of nitrogens with zero attached hydrogens (tertiary/aromatic N) is 1. The second-order valence-electron chi connectivity index (χ2n) is 4.99. The number of ether oxygens (including phenoxy) is 1. The van der Waals surface area contributed by atoms with Crippen LogP contribution in [0.1, 0.15) is 33.6 Å². The average Bonchev–Trinajstić information content (AvgIpc) is 2.55. The maximum Gasteiger partial charge on any atom is 0.246 e. The molecule has 0 aromatic carbocycles. The zero-order valence-corrected chi connectivity index (χ0v) is 11.1. The molecule has 17 heavy (non-hydrogen) atoms. The Hall–Kier alpha value is -0.940. The summed E-state index contributed by atoms with van der Waals surface area (Å²) >= 11 is 0. The summed E-state index contributed by atoms with van der Waals surface area (Å²) in [6.45, 7) is 6.89. The molecule has 2 amide bonds. The van der Waals surface area contributed by atoms with Crippen molar-refractivity contribution >= 4 is 11.8 Å². The van der Waals surface area contributed by atoms with Crippen LogP contribution in [0.5, 0.6) is 0 Å². The minimum absolute atomic E-state index is 0.0791. The normalized spacial score (nSPS) is 21.4. The minimum Gasteiger partial charge on any atom is -0.377 e. The topological polar surface area (TPSA) is 58.6 Å². The molecule has 5 heteroatoms. The van der Waals surface area contributed by atoms with E-state index in [0.717, 1.165) is 6.42 Å². The number of carbonyl (C=O) groups excluding carboxylic acids is 2. The van der Waals surface area contributed by atoms with Crippen LogP contribution in [0.4, 0.5) is 0 Å². The number of methoxy groups -OCH3 is 1. The number of hydrogen-bond donors (Lipinski definition) is 1. The van der Waals surface area contributed by atoms with Crippen LogP contribution in [0.3, 0.4) is 0 Å². The van der Waals surface area contributed by atoms with E-state index in [4.69, 9.17) is 4.74 Å². The van der Waals surface area contributed by atoms with Gasteiger partial charge in [-0.25, -0.2) is 0 Å². The van der Waals surface area contributed by atoms with E-state index in [0.29, 0.717) is 13.1 Å². The highest BCUT2D eigenvalue weighted by Crippen LogP contribution is 2.14. The minimum atomic E-state index is -0.386. The smallest absolute Gasteiger partial charge is 0.246 e. The molecule has 1 aliphatic rings. The molecular weight excluding hydrogens is 220 g/mol. The lowest BCUT2D eigenvalue weighted by Gasteiger charge is -2.24. The van der Waals surface area contributed by atoms with E-state index in [9.17, 15) is 9.59 Å². The molecule has 1 heterocycles. The first-order valence-corrected chi connectivity index (χ1v) is 6.04. The number of likely N-dealkylation sites (tertiary alicyclic amines) is 1. The van der Waals surface area contributed by atoms with Gasteiger partial charge >= 0.3 is 0 Å². The van der Waals surface area contributed by atoms with E-state index in [2.05, 4.69) is 5.32 Å². The quantitative estimate of drug-likeness (QED) is 0.691. The maximum atomic E-state index is 11.9. The van der Waals surface area contributed by atoms with Gasteiger partial charge in [0.15, 0.2) is 0 Å². The van der Waals surface area contributed by atoms with Crippen LogP contribution in [0, 0.1) is 0 Å². The molecule has 1 atom stereocenters. The molecule has 1 unspecified atom stereocenters. The van der Waals surface area contributed by atoms with Gasteiger partial charge in [0.2, 0.25) is 11.8 Å². The van der Waals surface area contributed by atoms with Gasteiger partial charge in [-0.2, -0.15) is 0 Å². The fourth-order valence-electron chi connectivity index (χ4n) is 1.74. The number of rotatable bonds is 6. The predicted molar refractivity (Wildman–Crippen MR) is 64.5 cm³/mol. The molecular formula is C12H22N2O3. The van der Waals surface area contributed by atoms with E-state index in [-0.39, 0.29) is 29.9 Å². The fourth-order valence-corrected chi connectivity index (χ4v) is 1.74. The lowest BCUT2D eigenvalue weighted by Crippen LogP contribution is -2.45. The highest BCUT2D eigenvalue weighted by atomic mass is 16.5. The van der Waals surface area contributed by atoms with Crippen molar-refractivity contribution in [1.29, 1.82) is 0 Å². The van der Waals surface area contributed by atoms with Gasteiger partial charge in [-0.05, 0) is 20.3 Å². The second kappa shape index (κ2) is 5.60. The van der Waals surface area contributed by atoms with Gasteiger partial charge in [0, 0.05) is 20.2 Å². The molecule has 1 saturated heterocycles. The van der Waals surface area contributed by atoms with Crippen LogP contribution in [0.15, 0.2) is 0 Å². The third-order valence-corrected chi connectivity index (χ3v) is 3.02. The van der Waals surface area contributed by atoms with E-state index in [1.165, 1.54) is 4.90 Å². The van der Waals surface area contributed by atoms with Crippen molar-refractivity contribution in [2.24, 2.45) is 0 Å². The van der Waals surface area contributed by atoms with Crippen LogP contribution >= 0.6 is 0 Å². The maximum absolute atomic E-state index is 11.9. The van der Waals surface area contributed by atoms with Gasteiger partial charge in [-0.1, -0.05) is 6.92 Å². The number of carbonyl (C=O) groups is 2. The third kappa shape index (κ3) is 3.51. The summed E-state index contributed by atoms with van der Waals surface area (Å²) in [7, 11) is 1.63. The molecule has 0 aliphatic carbocycles. The predicted octanol–water partition coefficient (Wildman–Crippen LogP) is 0.538. The van der Waals surface area contributed by atoms with Crippen LogP contribution in [0.2, 0.25) is 0 Å². The van der Waals surface area contributed by atoms with E-state index >= 15 is 0 Å². The molecule has 0 radical (unpaired) electrons. The summed E-state index contributed by atoms with van der Waals surface area (Å²) < 4.78 is 5.26. The molecule has 98 valence electrons. The Bertz CT molecular complexity index is 302. The number of hydrogen-bond acceptors (Lipinski definition) is 4. The number of imide groups is 1. The van der Waals surface area contributed by atoms with E-state index in [1.807, 2.05) is 20.8 Å². The van der Waals surface area contributed by atoms with Crippen LogP contribution in [0.25, 0.3) is 0 Å². The van der Waals surface area contributed by atoms with Crippen molar-refractivity contribution in [3.05, 3.63) is 0 Å². The monoisotopic (exact) mass is 242 g/mol. The number of amides is 2. The summed E-state index contributed by atoms with van der Waals surface area (Å²) in [4.78, 5) is 24.9. The number of nitrogens with one attached hydrogen (secondary N) is 1. The average molecular weight is 242 g/mol. The summed E-state index contributed by atoms with van der Waals surface area (Å²) in [5.74, 6) is -0.187. The van der Waals surface area contributed by atoms with Crippen LogP contribution < -0.4 is 5.32 Å². The fraction of sp³-hybridized carbons (Fsp3) is 0.833. The Morgan fingerprint density at radius 3 is 2.65 bits per heavy atom. The molecule has 1 aliphatic heterocycles. The van der Waals surface area contributed by atoms with Gasteiger partial charge in [-0.15, -0.1) is 0 Å². The first-order chi connectivity index (χ1) is 7.91. The van der Waals surface area contributed by atoms with Crippen molar-refractivity contribution < 1.29 is 14.3 Å². The summed E-state index contributed by atoms with van der Waals surface area (Å²) in [5.41, 5.74) is -0.332. The zero-order chi connectivity index (χ0) is 13.1. The first-order valence-electron chi connectivity index (χ1n) is 6.04. The Morgan fingerprint density at radius 2 is 2.12 bits per heavy atom. The Morgan fingerprint density at radius 1 is 1.47 bits per heavy atom. The standard InChI is InChI=1S/C12H22N2O3/c1-5-6-14-10(15)7-9(11(14)16)13-8-12(2,3)17-4/h9,13H,5-8H2,1-4H3. The largest absolute Gasteiger partial charge is 0.377 e. The van der Waals surface area contributed by atoms with Crippen LogP contribution in [-0.2, 0) is 14.3 Å². The molecule has 0 bridgehead atoms. The first kappa shape index (κ1) is 14.1. The molecule has 0 saturated carbocycles. The van der Waals surface area contributed by atoms with E-state index in [1.54, 1.807) is 7.11 Å². The summed E-state index contributed by atoms with van der Waals surface area (Å²) in [6, 6.07) is -0.386. The van der Waals surface area contributed by atoms with E-state index < -0.39 is 0 Å². The molecule has 0 aromatic rings.